The van der Waals surface area contributed by atoms with Crippen molar-refractivity contribution in [3.63, 3.8) is 0 Å². The predicted molar refractivity (Wildman–Crippen MR) is 67.2 cm³/mol. The average Bonchev–Trinajstić information content (AvgIpc) is 2.67. The minimum atomic E-state index is -3.64. The van der Waals surface area contributed by atoms with Crippen molar-refractivity contribution in [2.45, 2.75) is 4.21 Å². The van der Waals surface area contributed by atoms with E-state index in [0.29, 0.717) is 0 Å². The summed E-state index contributed by atoms with van der Waals surface area (Å²) in [5.41, 5.74) is 0. The molecule has 2 aromatic rings. The van der Waals surface area contributed by atoms with Gasteiger partial charge in [-0.05, 0) is 23.0 Å². The zero-order valence-corrected chi connectivity index (χ0v) is 11.2. The van der Waals surface area contributed by atoms with Crippen molar-refractivity contribution in [3.8, 4) is 0 Å². The lowest BCUT2D eigenvalue weighted by molar-refractivity contribution is 0.603. The molecule has 5 nitrogen and oxygen atoms in total. The molecule has 0 aliphatic rings. The van der Waals surface area contributed by atoms with E-state index >= 15 is 0 Å². The van der Waals surface area contributed by atoms with Gasteiger partial charge in [-0.25, -0.2) is 13.4 Å². The van der Waals surface area contributed by atoms with E-state index in [2.05, 4.69) is 14.7 Å². The van der Waals surface area contributed by atoms with Gasteiger partial charge in [0.2, 0.25) is 5.28 Å². The summed E-state index contributed by atoms with van der Waals surface area (Å²) >= 11 is 12.3. The first-order chi connectivity index (χ1) is 7.97. The lowest BCUT2D eigenvalue weighted by Gasteiger charge is -2.05. The Hall–Kier alpha value is -0.890. The molecule has 0 aliphatic heterocycles. The first-order valence-electron chi connectivity index (χ1n) is 4.24. The highest BCUT2D eigenvalue weighted by Gasteiger charge is 2.16. The molecule has 0 amide bonds. The Morgan fingerprint density at radius 1 is 1.29 bits per heavy atom. The van der Waals surface area contributed by atoms with Crippen LogP contribution in [0, 0.1) is 0 Å². The molecular formula is C8H5Cl2N3O2S2. The average molecular weight is 310 g/mol. The summed E-state index contributed by atoms with van der Waals surface area (Å²) in [6, 6.07) is 4.40. The van der Waals surface area contributed by atoms with Gasteiger partial charge in [-0.2, -0.15) is 4.98 Å². The van der Waals surface area contributed by atoms with Gasteiger partial charge >= 0.3 is 0 Å². The van der Waals surface area contributed by atoms with Gasteiger partial charge in [-0.3, -0.25) is 4.72 Å². The summed E-state index contributed by atoms with van der Waals surface area (Å²) in [6.07, 6.45) is 0. The van der Waals surface area contributed by atoms with Crippen LogP contribution in [-0.2, 0) is 10.0 Å². The van der Waals surface area contributed by atoms with Crippen LogP contribution in [0.2, 0.25) is 10.4 Å². The molecule has 0 saturated heterocycles. The zero-order valence-electron chi connectivity index (χ0n) is 8.09. The van der Waals surface area contributed by atoms with Gasteiger partial charge in [0, 0.05) is 6.07 Å². The molecule has 1 N–H and O–H groups in total. The molecule has 0 atom stereocenters. The molecule has 0 aliphatic carbocycles. The third-order valence-electron chi connectivity index (χ3n) is 1.67. The van der Waals surface area contributed by atoms with Crippen molar-refractivity contribution < 1.29 is 8.42 Å². The maximum Gasteiger partial charge on any atom is 0.272 e. The van der Waals surface area contributed by atoms with Crippen LogP contribution in [0.4, 0.5) is 5.82 Å². The fraction of sp³-hybridized carbons (Fsp3) is 0. The van der Waals surface area contributed by atoms with Gasteiger partial charge in [-0.15, -0.1) is 11.3 Å². The fourth-order valence-electron chi connectivity index (χ4n) is 1.05. The summed E-state index contributed by atoms with van der Waals surface area (Å²) in [7, 11) is -3.64. The van der Waals surface area contributed by atoms with Crippen LogP contribution < -0.4 is 4.72 Å². The molecule has 90 valence electrons. The third kappa shape index (κ3) is 3.06. The highest BCUT2D eigenvalue weighted by atomic mass is 35.5. The summed E-state index contributed by atoms with van der Waals surface area (Å²) in [6.45, 7) is 0. The Labute approximate surface area is 111 Å². The van der Waals surface area contributed by atoms with Crippen LogP contribution in [0.1, 0.15) is 0 Å². The Morgan fingerprint density at radius 2 is 2.06 bits per heavy atom. The van der Waals surface area contributed by atoms with E-state index in [-0.39, 0.29) is 20.5 Å². The monoisotopic (exact) mass is 309 g/mol. The van der Waals surface area contributed by atoms with E-state index in [0.717, 1.165) is 11.3 Å². The molecule has 2 aromatic heterocycles. The molecule has 2 rings (SSSR count). The second-order valence-electron chi connectivity index (χ2n) is 2.88. The van der Waals surface area contributed by atoms with Gasteiger partial charge in [0.1, 0.15) is 15.2 Å². The van der Waals surface area contributed by atoms with Crippen molar-refractivity contribution in [3.05, 3.63) is 34.0 Å². The predicted octanol–water partition coefficient (Wildman–Crippen LogP) is 2.65. The summed E-state index contributed by atoms with van der Waals surface area (Å²) in [4.78, 5) is 7.33. The topological polar surface area (TPSA) is 72.0 Å². The Morgan fingerprint density at radius 3 is 2.65 bits per heavy atom. The number of rotatable bonds is 3. The number of hydrogen-bond donors (Lipinski definition) is 1. The fourth-order valence-corrected chi connectivity index (χ4v) is 3.44. The van der Waals surface area contributed by atoms with Gasteiger partial charge in [0.15, 0.2) is 0 Å². The standard InChI is InChI=1S/C8H5Cl2N3O2S2/c9-5-4-6(12-8(10)11-5)13-17(14,15)7-2-1-3-16-7/h1-4H,(H,11,12,13). The van der Waals surface area contributed by atoms with Gasteiger partial charge in [-0.1, -0.05) is 17.7 Å². The van der Waals surface area contributed by atoms with Crippen molar-refractivity contribution >= 4 is 50.4 Å². The van der Waals surface area contributed by atoms with E-state index in [9.17, 15) is 8.42 Å². The van der Waals surface area contributed by atoms with Crippen molar-refractivity contribution in [2.75, 3.05) is 4.72 Å². The molecular weight excluding hydrogens is 305 g/mol. The Kier molecular flexibility index (Phi) is 3.53. The minimum absolute atomic E-state index is 0.0309. The minimum Gasteiger partial charge on any atom is -0.262 e. The number of nitrogens with zero attached hydrogens (tertiary/aromatic N) is 2. The second kappa shape index (κ2) is 4.77. The van der Waals surface area contributed by atoms with Crippen LogP contribution in [0.3, 0.4) is 0 Å². The van der Waals surface area contributed by atoms with Crippen molar-refractivity contribution in [2.24, 2.45) is 0 Å². The SMILES string of the molecule is O=S(=O)(Nc1cc(Cl)nc(Cl)n1)c1cccs1. The first kappa shape index (κ1) is 12.6. The van der Waals surface area contributed by atoms with E-state index in [1.54, 1.807) is 11.4 Å². The lowest BCUT2D eigenvalue weighted by Crippen LogP contribution is -2.12. The van der Waals surface area contributed by atoms with E-state index in [1.165, 1.54) is 12.1 Å². The van der Waals surface area contributed by atoms with Gasteiger partial charge in [0.25, 0.3) is 10.0 Å². The van der Waals surface area contributed by atoms with E-state index in [1.807, 2.05) is 0 Å². The summed E-state index contributed by atoms with van der Waals surface area (Å²) in [5.74, 6) is 0.0309. The molecule has 0 bridgehead atoms. The number of halogens is 2. The molecule has 0 saturated carbocycles. The lowest BCUT2D eigenvalue weighted by atomic mass is 10.6. The Bertz CT molecular complexity index is 608. The second-order valence-corrected chi connectivity index (χ2v) is 6.46. The molecule has 17 heavy (non-hydrogen) atoms. The third-order valence-corrected chi connectivity index (χ3v) is 4.78. The largest absolute Gasteiger partial charge is 0.272 e. The van der Waals surface area contributed by atoms with Crippen LogP contribution in [0.25, 0.3) is 0 Å². The maximum absolute atomic E-state index is 11.8. The Balaban J connectivity index is 2.33. The summed E-state index contributed by atoms with van der Waals surface area (Å²) < 4.78 is 26.1. The zero-order chi connectivity index (χ0) is 12.5. The van der Waals surface area contributed by atoms with E-state index < -0.39 is 10.0 Å². The highest BCUT2D eigenvalue weighted by Crippen LogP contribution is 2.21. The first-order valence-corrected chi connectivity index (χ1v) is 7.36. The molecule has 9 heteroatoms. The van der Waals surface area contributed by atoms with Crippen LogP contribution in [-0.4, -0.2) is 18.4 Å². The molecule has 0 unspecified atom stereocenters. The number of hydrogen-bond acceptors (Lipinski definition) is 5. The van der Waals surface area contributed by atoms with Crippen molar-refractivity contribution in [1.29, 1.82) is 0 Å². The van der Waals surface area contributed by atoms with Crippen molar-refractivity contribution in [1.82, 2.24) is 9.97 Å². The van der Waals surface area contributed by atoms with E-state index in [4.69, 9.17) is 23.2 Å². The number of thiophene rings is 1. The van der Waals surface area contributed by atoms with Crippen LogP contribution in [0.15, 0.2) is 27.8 Å². The molecule has 0 fully saturated rings. The quantitative estimate of drug-likeness (QED) is 0.699. The number of anilines is 1. The van der Waals surface area contributed by atoms with Gasteiger partial charge < -0.3 is 0 Å². The van der Waals surface area contributed by atoms with Crippen LogP contribution in [0.5, 0.6) is 0 Å². The molecule has 0 radical (unpaired) electrons. The smallest absolute Gasteiger partial charge is 0.262 e. The number of aromatic nitrogens is 2. The highest BCUT2D eigenvalue weighted by molar-refractivity contribution is 7.94. The number of nitrogens with one attached hydrogen (secondary N) is 1. The van der Waals surface area contributed by atoms with Crippen LogP contribution >= 0.6 is 34.5 Å². The normalized spacial score (nSPS) is 11.4. The molecule has 2 heterocycles. The van der Waals surface area contributed by atoms with Gasteiger partial charge in [0.05, 0.1) is 0 Å². The maximum atomic E-state index is 11.8. The summed E-state index contributed by atoms with van der Waals surface area (Å²) in [5, 5.41) is 1.60. The number of sulfonamides is 1. The molecule has 0 aromatic carbocycles. The molecule has 0 spiro atoms.